The number of nitrogens with one attached hydrogen (secondary N) is 1. The molecule has 0 aromatic heterocycles. The van der Waals surface area contributed by atoms with Crippen molar-refractivity contribution in [3.05, 3.63) is 35.9 Å². The quantitative estimate of drug-likeness (QED) is 0.455. The van der Waals surface area contributed by atoms with Crippen LogP contribution in [0.15, 0.2) is 30.3 Å². The van der Waals surface area contributed by atoms with Crippen LogP contribution in [0, 0.1) is 5.41 Å². The van der Waals surface area contributed by atoms with Gasteiger partial charge >= 0.3 is 18.0 Å². The SMILES string of the molecule is CCOC(=O)C1(C(=O)OCC)CC[C@H](NC(=O)OCc2ccccc2)C1. The molecule has 1 atom stereocenters. The highest BCUT2D eigenvalue weighted by Crippen LogP contribution is 2.41. The lowest BCUT2D eigenvalue weighted by molar-refractivity contribution is -0.171. The second-order valence-corrected chi connectivity index (χ2v) is 6.17. The number of amides is 1. The third-order valence-electron chi connectivity index (χ3n) is 4.38. The van der Waals surface area contributed by atoms with Gasteiger partial charge < -0.3 is 19.5 Å². The first-order valence-electron chi connectivity index (χ1n) is 8.83. The first kappa shape index (κ1) is 19.8. The van der Waals surface area contributed by atoms with Gasteiger partial charge in [0.25, 0.3) is 0 Å². The molecule has 1 fully saturated rings. The Balaban J connectivity index is 1.94. The van der Waals surface area contributed by atoms with Crippen LogP contribution in [0.5, 0.6) is 0 Å². The van der Waals surface area contributed by atoms with Gasteiger partial charge in [0.2, 0.25) is 0 Å². The van der Waals surface area contributed by atoms with E-state index in [-0.39, 0.29) is 38.7 Å². The molecular weight excluding hydrogens is 338 g/mol. The van der Waals surface area contributed by atoms with Gasteiger partial charge in [0.15, 0.2) is 5.41 Å². The van der Waals surface area contributed by atoms with Gasteiger partial charge in [-0.05, 0) is 38.7 Å². The van der Waals surface area contributed by atoms with Crippen LogP contribution in [0.3, 0.4) is 0 Å². The van der Waals surface area contributed by atoms with Crippen LogP contribution in [-0.2, 0) is 30.4 Å². The average Bonchev–Trinajstić information content (AvgIpc) is 3.06. The minimum atomic E-state index is -1.36. The van der Waals surface area contributed by atoms with Crippen LogP contribution < -0.4 is 5.32 Å². The fourth-order valence-electron chi connectivity index (χ4n) is 3.09. The van der Waals surface area contributed by atoms with Crippen LogP contribution >= 0.6 is 0 Å². The highest BCUT2D eigenvalue weighted by atomic mass is 16.6. The number of benzene rings is 1. The van der Waals surface area contributed by atoms with E-state index >= 15 is 0 Å². The summed E-state index contributed by atoms with van der Waals surface area (Å²) in [4.78, 5) is 36.7. The molecule has 0 spiro atoms. The standard InChI is InChI=1S/C19H25NO6/c1-3-24-16(21)19(17(22)25-4-2)11-10-15(12-19)20-18(23)26-13-14-8-6-5-7-9-14/h5-9,15H,3-4,10-13H2,1-2H3,(H,20,23)/t15-/m0/s1. The summed E-state index contributed by atoms with van der Waals surface area (Å²) in [6.07, 6.45) is 0.305. The molecule has 0 saturated heterocycles. The van der Waals surface area contributed by atoms with Crippen molar-refractivity contribution in [3.63, 3.8) is 0 Å². The molecule has 0 unspecified atom stereocenters. The molecule has 26 heavy (non-hydrogen) atoms. The molecule has 0 heterocycles. The predicted octanol–water partition coefficient (Wildman–Crippen LogP) is 2.58. The summed E-state index contributed by atoms with van der Waals surface area (Å²) in [7, 11) is 0. The van der Waals surface area contributed by atoms with Gasteiger partial charge in [0.05, 0.1) is 13.2 Å². The lowest BCUT2D eigenvalue weighted by atomic mass is 9.86. The number of carbonyl (C=O) groups is 3. The van der Waals surface area contributed by atoms with Crippen molar-refractivity contribution >= 4 is 18.0 Å². The Morgan fingerprint density at radius 2 is 1.65 bits per heavy atom. The summed E-state index contributed by atoms with van der Waals surface area (Å²) in [5, 5.41) is 2.72. The second-order valence-electron chi connectivity index (χ2n) is 6.17. The van der Waals surface area contributed by atoms with Gasteiger partial charge in [-0.2, -0.15) is 0 Å². The van der Waals surface area contributed by atoms with Crippen LogP contribution in [0.2, 0.25) is 0 Å². The smallest absolute Gasteiger partial charge is 0.407 e. The summed E-state index contributed by atoms with van der Waals surface area (Å²) in [5.41, 5.74) is -0.481. The van der Waals surface area contributed by atoms with E-state index in [0.717, 1.165) is 5.56 Å². The van der Waals surface area contributed by atoms with E-state index in [1.165, 1.54) is 0 Å². The number of hydrogen-bond acceptors (Lipinski definition) is 6. The van der Waals surface area contributed by atoms with Crippen molar-refractivity contribution in [2.75, 3.05) is 13.2 Å². The Bertz CT molecular complexity index is 612. The molecule has 1 saturated carbocycles. The number of hydrogen-bond donors (Lipinski definition) is 1. The maximum absolute atomic E-state index is 12.4. The molecule has 0 aliphatic heterocycles. The molecule has 1 aromatic rings. The van der Waals surface area contributed by atoms with Gasteiger partial charge in [0.1, 0.15) is 6.61 Å². The van der Waals surface area contributed by atoms with Crippen molar-refractivity contribution < 1.29 is 28.6 Å². The summed E-state index contributed by atoms with van der Waals surface area (Å²) in [6, 6.07) is 8.96. The van der Waals surface area contributed by atoms with Crippen molar-refractivity contribution in [2.24, 2.45) is 5.41 Å². The Morgan fingerprint density at radius 1 is 1.04 bits per heavy atom. The van der Waals surface area contributed by atoms with Crippen LogP contribution in [0.1, 0.15) is 38.7 Å². The predicted molar refractivity (Wildman–Crippen MR) is 93.1 cm³/mol. The van der Waals surface area contributed by atoms with E-state index in [1.54, 1.807) is 13.8 Å². The third kappa shape index (κ3) is 4.74. The number of esters is 2. The average molecular weight is 363 g/mol. The zero-order valence-corrected chi connectivity index (χ0v) is 15.2. The topological polar surface area (TPSA) is 90.9 Å². The second kappa shape index (κ2) is 9.22. The number of ether oxygens (including phenoxy) is 3. The molecule has 1 aromatic carbocycles. The Hall–Kier alpha value is -2.57. The van der Waals surface area contributed by atoms with E-state index in [0.29, 0.717) is 6.42 Å². The monoisotopic (exact) mass is 363 g/mol. The van der Waals surface area contributed by atoms with E-state index in [9.17, 15) is 14.4 Å². The lowest BCUT2D eigenvalue weighted by Gasteiger charge is -2.24. The molecule has 0 bridgehead atoms. The summed E-state index contributed by atoms with van der Waals surface area (Å²) < 4.78 is 15.3. The van der Waals surface area contributed by atoms with Gasteiger partial charge in [-0.1, -0.05) is 30.3 Å². The highest BCUT2D eigenvalue weighted by Gasteiger charge is 2.54. The number of alkyl carbamates (subject to hydrolysis) is 1. The maximum atomic E-state index is 12.4. The van der Waals surface area contributed by atoms with Crippen molar-refractivity contribution in [3.8, 4) is 0 Å². The lowest BCUT2D eigenvalue weighted by Crippen LogP contribution is -2.42. The highest BCUT2D eigenvalue weighted by molar-refractivity contribution is 6.00. The maximum Gasteiger partial charge on any atom is 0.407 e. The molecule has 2 rings (SSSR count). The van der Waals surface area contributed by atoms with E-state index < -0.39 is 23.4 Å². The molecule has 0 radical (unpaired) electrons. The molecule has 1 aliphatic rings. The summed E-state index contributed by atoms with van der Waals surface area (Å²) in [6.45, 7) is 3.87. The molecule has 142 valence electrons. The normalized spacial score (nSPS) is 18.0. The van der Waals surface area contributed by atoms with Crippen molar-refractivity contribution in [2.45, 2.75) is 45.8 Å². The fourth-order valence-corrected chi connectivity index (χ4v) is 3.09. The van der Waals surface area contributed by atoms with Gasteiger partial charge in [0, 0.05) is 6.04 Å². The van der Waals surface area contributed by atoms with Crippen LogP contribution in [0.25, 0.3) is 0 Å². The first-order chi connectivity index (χ1) is 12.5. The van der Waals surface area contributed by atoms with Gasteiger partial charge in [-0.3, -0.25) is 9.59 Å². The molecule has 1 amide bonds. The van der Waals surface area contributed by atoms with Gasteiger partial charge in [-0.15, -0.1) is 0 Å². The van der Waals surface area contributed by atoms with E-state index in [2.05, 4.69) is 5.32 Å². The summed E-state index contributed by atoms with van der Waals surface area (Å²) in [5.74, 6) is -1.19. The Labute approximate surface area is 153 Å². The van der Waals surface area contributed by atoms with Gasteiger partial charge in [-0.25, -0.2) is 4.79 Å². The largest absolute Gasteiger partial charge is 0.465 e. The molecule has 1 N–H and O–H groups in total. The van der Waals surface area contributed by atoms with Crippen LogP contribution in [0.4, 0.5) is 4.79 Å². The number of rotatable bonds is 7. The summed E-state index contributed by atoms with van der Waals surface area (Å²) >= 11 is 0. The zero-order valence-electron chi connectivity index (χ0n) is 15.2. The number of carbonyl (C=O) groups excluding carboxylic acids is 3. The first-order valence-corrected chi connectivity index (χ1v) is 8.83. The molecule has 7 nitrogen and oxygen atoms in total. The van der Waals surface area contributed by atoms with Crippen molar-refractivity contribution in [1.82, 2.24) is 5.32 Å². The third-order valence-corrected chi connectivity index (χ3v) is 4.38. The Morgan fingerprint density at radius 3 is 2.23 bits per heavy atom. The minimum Gasteiger partial charge on any atom is -0.465 e. The molecule has 7 heteroatoms. The zero-order chi connectivity index (χ0) is 19.0. The van der Waals surface area contributed by atoms with Crippen LogP contribution in [-0.4, -0.2) is 37.3 Å². The minimum absolute atomic E-state index is 0.144. The van der Waals surface area contributed by atoms with E-state index in [4.69, 9.17) is 14.2 Å². The van der Waals surface area contributed by atoms with E-state index in [1.807, 2.05) is 30.3 Å². The molecular formula is C19H25NO6. The fraction of sp³-hybridized carbons (Fsp3) is 0.526. The Kier molecular flexibility index (Phi) is 7.00. The molecule has 1 aliphatic carbocycles. The van der Waals surface area contributed by atoms with Crippen molar-refractivity contribution in [1.29, 1.82) is 0 Å².